The Hall–Kier alpha value is -1.64. The number of rotatable bonds is 2. The molecule has 0 radical (unpaired) electrons. The molecule has 1 unspecified atom stereocenters. The third kappa shape index (κ3) is 1.75. The van der Waals surface area contributed by atoms with Crippen LogP contribution in [0.25, 0.3) is 0 Å². The first-order valence-electron chi connectivity index (χ1n) is 5.87. The van der Waals surface area contributed by atoms with Gasteiger partial charge in [0.05, 0.1) is 13.2 Å². The van der Waals surface area contributed by atoms with Crippen molar-refractivity contribution < 1.29 is 9.53 Å². The standard InChI is InChI=1S/C14H17NO2/c1-4-17-13-14(3,10(2)16)12-8-6-5-7-11(12)9-15-13/h5-8H,4,9H2,1-3H3. The SMILES string of the molecule is CCOC1=NCc2ccccc2C1(C)C(C)=O. The van der Waals surface area contributed by atoms with Crippen molar-refractivity contribution in [1.29, 1.82) is 0 Å². The summed E-state index contributed by atoms with van der Waals surface area (Å²) in [6.45, 7) is 6.51. The highest BCUT2D eigenvalue weighted by Gasteiger charge is 2.42. The predicted molar refractivity (Wildman–Crippen MR) is 67.2 cm³/mol. The van der Waals surface area contributed by atoms with Crippen LogP contribution >= 0.6 is 0 Å². The summed E-state index contributed by atoms with van der Waals surface area (Å²) >= 11 is 0. The number of nitrogens with zero attached hydrogens (tertiary/aromatic N) is 1. The summed E-state index contributed by atoms with van der Waals surface area (Å²) in [5, 5.41) is 0. The lowest BCUT2D eigenvalue weighted by Gasteiger charge is -2.33. The van der Waals surface area contributed by atoms with Gasteiger partial charge in [-0.1, -0.05) is 24.3 Å². The Morgan fingerprint density at radius 2 is 2.18 bits per heavy atom. The van der Waals surface area contributed by atoms with E-state index in [0.29, 0.717) is 19.0 Å². The van der Waals surface area contributed by atoms with E-state index >= 15 is 0 Å². The van der Waals surface area contributed by atoms with Crippen LogP contribution in [0.1, 0.15) is 31.9 Å². The van der Waals surface area contributed by atoms with Gasteiger partial charge in [0.2, 0.25) is 5.90 Å². The third-order valence-electron chi connectivity index (χ3n) is 3.36. The van der Waals surface area contributed by atoms with Crippen molar-refractivity contribution in [1.82, 2.24) is 0 Å². The maximum Gasteiger partial charge on any atom is 0.201 e. The van der Waals surface area contributed by atoms with Gasteiger partial charge in [0.15, 0.2) is 0 Å². The van der Waals surface area contributed by atoms with Gasteiger partial charge in [-0.3, -0.25) is 4.79 Å². The van der Waals surface area contributed by atoms with Crippen LogP contribution in [0.15, 0.2) is 29.3 Å². The molecule has 17 heavy (non-hydrogen) atoms. The van der Waals surface area contributed by atoms with Gasteiger partial charge in [-0.25, -0.2) is 4.99 Å². The van der Waals surface area contributed by atoms with Gasteiger partial charge in [0.25, 0.3) is 0 Å². The molecule has 0 fully saturated rings. The molecule has 1 aliphatic rings. The van der Waals surface area contributed by atoms with Gasteiger partial charge in [-0.2, -0.15) is 0 Å². The van der Waals surface area contributed by atoms with Gasteiger partial charge in [-0.05, 0) is 31.9 Å². The zero-order valence-electron chi connectivity index (χ0n) is 10.5. The first kappa shape index (κ1) is 11.8. The van der Waals surface area contributed by atoms with Gasteiger partial charge in [0.1, 0.15) is 11.2 Å². The molecule has 0 bridgehead atoms. The van der Waals surface area contributed by atoms with E-state index in [1.807, 2.05) is 38.1 Å². The second-order valence-electron chi connectivity index (χ2n) is 4.39. The second kappa shape index (κ2) is 4.32. The quantitative estimate of drug-likeness (QED) is 0.784. The van der Waals surface area contributed by atoms with Crippen molar-refractivity contribution >= 4 is 11.7 Å². The molecule has 0 N–H and O–H groups in total. The minimum Gasteiger partial charge on any atom is -0.480 e. The van der Waals surface area contributed by atoms with Crippen LogP contribution in [0.5, 0.6) is 0 Å². The molecule has 0 saturated carbocycles. The Labute approximate surface area is 102 Å². The average molecular weight is 231 g/mol. The molecule has 1 heterocycles. The number of carbonyl (C=O) groups is 1. The Balaban J connectivity index is 2.56. The number of hydrogen-bond acceptors (Lipinski definition) is 3. The number of ether oxygens (including phenoxy) is 1. The predicted octanol–water partition coefficient (Wildman–Crippen LogP) is 2.48. The highest BCUT2D eigenvalue weighted by atomic mass is 16.5. The number of aliphatic imine (C=N–C) groups is 1. The summed E-state index contributed by atoms with van der Waals surface area (Å²) < 4.78 is 5.55. The van der Waals surface area contributed by atoms with Crippen LogP contribution in [-0.4, -0.2) is 18.3 Å². The smallest absolute Gasteiger partial charge is 0.201 e. The molecule has 0 saturated heterocycles. The number of benzene rings is 1. The summed E-state index contributed by atoms with van der Waals surface area (Å²) in [5.74, 6) is 0.614. The van der Waals surface area contributed by atoms with E-state index in [1.54, 1.807) is 6.92 Å². The van der Waals surface area contributed by atoms with Crippen molar-refractivity contribution in [2.24, 2.45) is 4.99 Å². The Bertz CT molecular complexity index is 479. The van der Waals surface area contributed by atoms with Crippen molar-refractivity contribution in [3.63, 3.8) is 0 Å². The van der Waals surface area contributed by atoms with E-state index in [-0.39, 0.29) is 5.78 Å². The summed E-state index contributed by atoms with van der Waals surface area (Å²) in [5.41, 5.74) is 1.39. The maximum absolute atomic E-state index is 12.0. The third-order valence-corrected chi connectivity index (χ3v) is 3.36. The minimum absolute atomic E-state index is 0.0665. The minimum atomic E-state index is -0.731. The molecule has 1 aromatic carbocycles. The first-order chi connectivity index (χ1) is 8.10. The highest BCUT2D eigenvalue weighted by Crippen LogP contribution is 2.34. The fourth-order valence-electron chi connectivity index (χ4n) is 2.24. The second-order valence-corrected chi connectivity index (χ2v) is 4.39. The molecule has 3 nitrogen and oxygen atoms in total. The average Bonchev–Trinajstić information content (AvgIpc) is 2.33. The lowest BCUT2D eigenvalue weighted by atomic mass is 9.75. The highest BCUT2D eigenvalue weighted by molar-refractivity contribution is 6.11. The summed E-state index contributed by atoms with van der Waals surface area (Å²) in [6, 6.07) is 7.93. The molecule has 1 aliphatic heterocycles. The van der Waals surface area contributed by atoms with Crippen LogP contribution in [0.4, 0.5) is 0 Å². The van der Waals surface area contributed by atoms with E-state index in [0.717, 1.165) is 11.1 Å². The number of carbonyl (C=O) groups excluding carboxylic acids is 1. The molecular formula is C14H17NO2. The van der Waals surface area contributed by atoms with Gasteiger partial charge in [0, 0.05) is 0 Å². The normalized spacial score (nSPS) is 22.6. The lowest BCUT2D eigenvalue weighted by molar-refractivity contribution is -0.120. The topological polar surface area (TPSA) is 38.7 Å². The fourth-order valence-corrected chi connectivity index (χ4v) is 2.24. The molecule has 3 heteroatoms. The van der Waals surface area contributed by atoms with E-state index in [9.17, 15) is 4.79 Å². The molecule has 0 amide bonds. The zero-order chi connectivity index (χ0) is 12.5. The Morgan fingerprint density at radius 3 is 2.82 bits per heavy atom. The van der Waals surface area contributed by atoms with Gasteiger partial charge < -0.3 is 4.74 Å². The molecule has 1 aromatic rings. The Morgan fingerprint density at radius 1 is 1.47 bits per heavy atom. The van der Waals surface area contributed by atoms with Crippen molar-refractivity contribution in [3.8, 4) is 0 Å². The molecule has 0 spiro atoms. The molecule has 2 rings (SSSR count). The first-order valence-corrected chi connectivity index (χ1v) is 5.87. The van der Waals surface area contributed by atoms with E-state index in [2.05, 4.69) is 4.99 Å². The van der Waals surface area contributed by atoms with E-state index in [4.69, 9.17) is 4.74 Å². The number of hydrogen-bond donors (Lipinski definition) is 0. The number of ketones is 1. The van der Waals surface area contributed by atoms with E-state index < -0.39 is 5.41 Å². The van der Waals surface area contributed by atoms with Gasteiger partial charge >= 0.3 is 0 Å². The number of Topliss-reactive ketones (excluding diaryl/α,β-unsaturated/α-hetero) is 1. The maximum atomic E-state index is 12.0. The van der Waals surface area contributed by atoms with Gasteiger partial charge in [-0.15, -0.1) is 0 Å². The lowest BCUT2D eigenvalue weighted by Crippen LogP contribution is -2.43. The molecule has 90 valence electrons. The number of fused-ring (bicyclic) bond motifs is 1. The zero-order valence-corrected chi connectivity index (χ0v) is 10.5. The largest absolute Gasteiger partial charge is 0.480 e. The van der Waals surface area contributed by atoms with E-state index in [1.165, 1.54) is 0 Å². The van der Waals surface area contributed by atoms with Crippen molar-refractivity contribution in [2.45, 2.75) is 32.7 Å². The van der Waals surface area contributed by atoms with Crippen molar-refractivity contribution in [3.05, 3.63) is 35.4 Å². The summed E-state index contributed by atoms with van der Waals surface area (Å²) in [4.78, 5) is 16.4. The van der Waals surface area contributed by atoms with Crippen molar-refractivity contribution in [2.75, 3.05) is 6.61 Å². The van der Waals surface area contributed by atoms with Crippen LogP contribution in [0, 0.1) is 0 Å². The molecular weight excluding hydrogens is 214 g/mol. The summed E-state index contributed by atoms with van der Waals surface area (Å²) in [7, 11) is 0. The Kier molecular flexibility index (Phi) is 3.01. The monoisotopic (exact) mass is 231 g/mol. The molecule has 1 atom stereocenters. The van der Waals surface area contributed by atoms with Crippen LogP contribution in [0.2, 0.25) is 0 Å². The van der Waals surface area contributed by atoms with Crippen LogP contribution in [0.3, 0.4) is 0 Å². The molecule has 0 aromatic heterocycles. The molecule has 0 aliphatic carbocycles. The van der Waals surface area contributed by atoms with Crippen LogP contribution < -0.4 is 0 Å². The summed E-state index contributed by atoms with van der Waals surface area (Å²) in [6.07, 6.45) is 0. The van der Waals surface area contributed by atoms with Crippen LogP contribution in [-0.2, 0) is 21.5 Å². The fraction of sp³-hybridized carbons (Fsp3) is 0.429.